The molecule has 0 saturated carbocycles. The second kappa shape index (κ2) is 8.71. The van der Waals surface area contributed by atoms with Gasteiger partial charge in [0.05, 0.1) is 6.10 Å². The van der Waals surface area contributed by atoms with Crippen LogP contribution in [-0.4, -0.2) is 23.4 Å². The molecule has 100 valence electrons. The number of aliphatic hydroxyl groups excluding tert-OH is 1. The van der Waals surface area contributed by atoms with Crippen molar-refractivity contribution in [1.29, 1.82) is 0 Å². The Labute approximate surface area is 106 Å². The molecule has 1 rings (SSSR count). The topological polar surface area (TPSA) is 32.8 Å². The zero-order valence-electron chi connectivity index (χ0n) is 11.4. The molecule has 1 heterocycles. The predicted molar refractivity (Wildman–Crippen MR) is 72.1 cm³/mol. The first-order chi connectivity index (χ1) is 8.29. The summed E-state index contributed by atoms with van der Waals surface area (Å²) >= 11 is 0. The molecule has 2 heteroatoms. The molecule has 0 aliphatic carbocycles. The van der Waals surface area contributed by atoms with Crippen LogP contribution in [0.2, 0.25) is 0 Å². The van der Waals surface area contributed by atoms with Crippen molar-refractivity contribution in [3.05, 3.63) is 12.2 Å². The van der Waals surface area contributed by atoms with Gasteiger partial charge >= 0.3 is 0 Å². The maximum atomic E-state index is 9.87. The lowest BCUT2D eigenvalue weighted by molar-refractivity contribution is 0.123. The molecule has 3 atom stereocenters. The van der Waals surface area contributed by atoms with Crippen LogP contribution in [0.5, 0.6) is 0 Å². The lowest BCUT2D eigenvalue weighted by Gasteiger charge is -2.05. The Balaban J connectivity index is 2.03. The zero-order valence-corrected chi connectivity index (χ0v) is 11.4. The van der Waals surface area contributed by atoms with E-state index in [1.54, 1.807) is 0 Å². The SMILES string of the molecule is CCCCC/C=C/[C@H]1O[C@H]1[C@H](O)CCCCC. The van der Waals surface area contributed by atoms with Crippen LogP contribution >= 0.6 is 0 Å². The summed E-state index contributed by atoms with van der Waals surface area (Å²) in [5.41, 5.74) is 0. The van der Waals surface area contributed by atoms with Crippen molar-refractivity contribution < 1.29 is 9.84 Å². The van der Waals surface area contributed by atoms with E-state index in [4.69, 9.17) is 4.74 Å². The van der Waals surface area contributed by atoms with Gasteiger partial charge in [0.1, 0.15) is 12.2 Å². The fraction of sp³-hybridized carbons (Fsp3) is 0.867. The summed E-state index contributed by atoms with van der Waals surface area (Å²) in [7, 11) is 0. The number of epoxide rings is 1. The number of ether oxygens (including phenoxy) is 1. The van der Waals surface area contributed by atoms with E-state index in [2.05, 4.69) is 26.0 Å². The van der Waals surface area contributed by atoms with Gasteiger partial charge in [-0.3, -0.25) is 0 Å². The summed E-state index contributed by atoms with van der Waals surface area (Å²) in [6.07, 6.45) is 13.8. The number of hydrogen-bond donors (Lipinski definition) is 1. The fourth-order valence-corrected chi connectivity index (χ4v) is 2.11. The Kier molecular flexibility index (Phi) is 7.54. The maximum absolute atomic E-state index is 9.87. The van der Waals surface area contributed by atoms with Gasteiger partial charge in [-0.1, -0.05) is 58.1 Å². The molecule has 0 aromatic rings. The molecule has 1 fully saturated rings. The Hall–Kier alpha value is -0.340. The van der Waals surface area contributed by atoms with E-state index in [1.807, 2.05) is 0 Å². The minimum absolute atomic E-state index is 0.0780. The highest BCUT2D eigenvalue weighted by Crippen LogP contribution is 2.29. The van der Waals surface area contributed by atoms with Gasteiger partial charge in [-0.2, -0.15) is 0 Å². The van der Waals surface area contributed by atoms with Crippen molar-refractivity contribution in [3.8, 4) is 0 Å². The van der Waals surface area contributed by atoms with Gasteiger partial charge in [0.25, 0.3) is 0 Å². The van der Waals surface area contributed by atoms with Crippen molar-refractivity contribution in [2.75, 3.05) is 0 Å². The first kappa shape index (κ1) is 14.7. The van der Waals surface area contributed by atoms with Crippen molar-refractivity contribution in [2.45, 2.75) is 83.5 Å². The molecule has 1 saturated heterocycles. The van der Waals surface area contributed by atoms with Crippen LogP contribution in [0, 0.1) is 0 Å². The van der Waals surface area contributed by atoms with Crippen LogP contribution in [0.3, 0.4) is 0 Å². The minimum atomic E-state index is -0.258. The number of hydrogen-bond acceptors (Lipinski definition) is 2. The van der Waals surface area contributed by atoms with Crippen LogP contribution in [0.15, 0.2) is 12.2 Å². The minimum Gasteiger partial charge on any atom is -0.390 e. The molecule has 1 aliphatic rings. The molecule has 0 spiro atoms. The molecule has 1 aliphatic heterocycles. The number of rotatable bonds is 10. The molecular weight excluding hydrogens is 212 g/mol. The van der Waals surface area contributed by atoms with Gasteiger partial charge in [0, 0.05) is 0 Å². The van der Waals surface area contributed by atoms with E-state index in [0.717, 1.165) is 19.3 Å². The van der Waals surface area contributed by atoms with Gasteiger partial charge in [0.2, 0.25) is 0 Å². The van der Waals surface area contributed by atoms with E-state index in [-0.39, 0.29) is 18.3 Å². The largest absolute Gasteiger partial charge is 0.390 e. The molecule has 0 aromatic heterocycles. The van der Waals surface area contributed by atoms with Crippen LogP contribution < -0.4 is 0 Å². The summed E-state index contributed by atoms with van der Waals surface area (Å²) in [5.74, 6) is 0. The molecule has 0 bridgehead atoms. The van der Waals surface area contributed by atoms with Crippen molar-refractivity contribution >= 4 is 0 Å². The number of unbranched alkanes of at least 4 members (excludes halogenated alkanes) is 5. The van der Waals surface area contributed by atoms with Crippen molar-refractivity contribution in [2.24, 2.45) is 0 Å². The third kappa shape index (κ3) is 6.23. The summed E-state index contributed by atoms with van der Waals surface area (Å²) in [6, 6.07) is 0. The molecule has 0 aromatic carbocycles. The van der Waals surface area contributed by atoms with E-state index >= 15 is 0 Å². The first-order valence-corrected chi connectivity index (χ1v) is 7.29. The quantitative estimate of drug-likeness (QED) is 0.357. The molecule has 17 heavy (non-hydrogen) atoms. The Morgan fingerprint density at radius 1 is 1.12 bits per heavy atom. The molecular formula is C15H28O2. The molecule has 2 nitrogen and oxygen atoms in total. The summed E-state index contributed by atoms with van der Waals surface area (Å²) in [6.45, 7) is 4.40. The Morgan fingerprint density at radius 3 is 2.53 bits per heavy atom. The van der Waals surface area contributed by atoms with Gasteiger partial charge in [-0.05, 0) is 19.3 Å². The maximum Gasteiger partial charge on any atom is 0.114 e. The van der Waals surface area contributed by atoms with Gasteiger partial charge in [0.15, 0.2) is 0 Å². The average molecular weight is 240 g/mol. The third-order valence-electron chi connectivity index (χ3n) is 3.34. The van der Waals surface area contributed by atoms with E-state index in [1.165, 1.54) is 32.1 Å². The van der Waals surface area contributed by atoms with Crippen molar-refractivity contribution in [3.63, 3.8) is 0 Å². The summed E-state index contributed by atoms with van der Waals surface area (Å²) < 4.78 is 5.48. The standard InChI is InChI=1S/C15H28O2/c1-3-5-7-8-10-12-14-15(17-14)13(16)11-9-6-4-2/h10,12-16H,3-9,11H2,1-2H3/b12-10+/t13-,14-,15+/m1/s1. The fourth-order valence-electron chi connectivity index (χ4n) is 2.11. The Morgan fingerprint density at radius 2 is 1.82 bits per heavy atom. The number of allylic oxidation sites excluding steroid dienone is 1. The zero-order chi connectivity index (χ0) is 12.5. The highest BCUT2D eigenvalue weighted by molar-refractivity contribution is 5.05. The van der Waals surface area contributed by atoms with E-state index < -0.39 is 0 Å². The van der Waals surface area contributed by atoms with E-state index in [9.17, 15) is 5.11 Å². The third-order valence-corrected chi connectivity index (χ3v) is 3.34. The lowest BCUT2D eigenvalue weighted by Crippen LogP contribution is -2.16. The highest BCUT2D eigenvalue weighted by atomic mass is 16.6. The number of aliphatic hydroxyl groups is 1. The van der Waals surface area contributed by atoms with E-state index in [0.29, 0.717) is 0 Å². The van der Waals surface area contributed by atoms with Crippen LogP contribution in [0.25, 0.3) is 0 Å². The summed E-state index contributed by atoms with van der Waals surface area (Å²) in [4.78, 5) is 0. The van der Waals surface area contributed by atoms with Crippen LogP contribution in [0.4, 0.5) is 0 Å². The highest BCUT2D eigenvalue weighted by Gasteiger charge is 2.41. The molecule has 0 unspecified atom stereocenters. The predicted octanol–water partition coefficient (Wildman–Crippen LogP) is 3.83. The Bertz CT molecular complexity index is 213. The first-order valence-electron chi connectivity index (χ1n) is 7.29. The van der Waals surface area contributed by atoms with Gasteiger partial charge in [-0.25, -0.2) is 0 Å². The van der Waals surface area contributed by atoms with Gasteiger partial charge in [-0.15, -0.1) is 0 Å². The normalized spacial score (nSPS) is 25.4. The summed E-state index contributed by atoms with van der Waals surface area (Å²) in [5, 5.41) is 9.87. The lowest BCUT2D eigenvalue weighted by atomic mass is 10.1. The monoisotopic (exact) mass is 240 g/mol. The molecule has 0 radical (unpaired) electrons. The van der Waals surface area contributed by atoms with Gasteiger partial charge < -0.3 is 9.84 Å². The van der Waals surface area contributed by atoms with Crippen molar-refractivity contribution in [1.82, 2.24) is 0 Å². The average Bonchev–Trinajstić information content (AvgIpc) is 3.09. The second-order valence-corrected chi connectivity index (χ2v) is 5.05. The molecule has 0 amide bonds. The van der Waals surface area contributed by atoms with Crippen LogP contribution in [-0.2, 0) is 4.74 Å². The smallest absolute Gasteiger partial charge is 0.114 e. The molecule has 1 N–H and O–H groups in total. The second-order valence-electron chi connectivity index (χ2n) is 5.05. The van der Waals surface area contributed by atoms with Crippen LogP contribution in [0.1, 0.15) is 65.2 Å².